The molecule has 0 radical (unpaired) electrons. The summed E-state index contributed by atoms with van der Waals surface area (Å²) in [4.78, 5) is 25.0. The minimum Gasteiger partial charge on any atom is -0.353 e. The third-order valence-electron chi connectivity index (χ3n) is 3.73. The maximum atomic E-state index is 12.5. The number of carbonyl (C=O) groups excluding carboxylic acids is 2. The third-order valence-corrected chi connectivity index (χ3v) is 3.73. The molecule has 0 aromatic heterocycles. The molecule has 1 fully saturated rings. The summed E-state index contributed by atoms with van der Waals surface area (Å²) in [5.41, 5.74) is 0.434. The van der Waals surface area contributed by atoms with Crippen molar-refractivity contribution in [1.82, 2.24) is 5.32 Å². The lowest BCUT2D eigenvalue weighted by Crippen LogP contribution is -2.43. The average molecular weight is 328 g/mol. The SMILES string of the molecule is O=C1CCC[C@H](CC(=O)N(CCC(F)(F)F)c2ccccc2)N1. The number of nitrogens with one attached hydrogen (secondary N) is 1. The molecule has 0 unspecified atom stereocenters. The topological polar surface area (TPSA) is 49.4 Å². The van der Waals surface area contributed by atoms with Crippen LogP contribution in [0.15, 0.2) is 30.3 Å². The Morgan fingerprint density at radius 3 is 2.57 bits per heavy atom. The quantitative estimate of drug-likeness (QED) is 0.903. The Morgan fingerprint density at radius 2 is 1.96 bits per heavy atom. The van der Waals surface area contributed by atoms with Crippen molar-refractivity contribution >= 4 is 17.5 Å². The van der Waals surface area contributed by atoms with Gasteiger partial charge in [0, 0.05) is 31.1 Å². The highest BCUT2D eigenvalue weighted by molar-refractivity contribution is 5.94. The molecule has 1 atom stereocenters. The summed E-state index contributed by atoms with van der Waals surface area (Å²) in [7, 11) is 0. The highest BCUT2D eigenvalue weighted by atomic mass is 19.4. The highest BCUT2D eigenvalue weighted by Crippen LogP contribution is 2.23. The van der Waals surface area contributed by atoms with Crippen LogP contribution in [0.5, 0.6) is 0 Å². The fraction of sp³-hybridized carbons (Fsp3) is 0.500. The van der Waals surface area contributed by atoms with Gasteiger partial charge >= 0.3 is 6.18 Å². The van der Waals surface area contributed by atoms with Gasteiger partial charge < -0.3 is 10.2 Å². The molecule has 0 saturated carbocycles. The average Bonchev–Trinajstić information content (AvgIpc) is 2.47. The number of hydrogen-bond acceptors (Lipinski definition) is 2. The van der Waals surface area contributed by atoms with Gasteiger partial charge in [-0.2, -0.15) is 13.2 Å². The fourth-order valence-corrected chi connectivity index (χ4v) is 2.60. The molecular weight excluding hydrogens is 309 g/mol. The summed E-state index contributed by atoms with van der Waals surface area (Å²) in [6.45, 7) is -0.424. The molecule has 23 heavy (non-hydrogen) atoms. The number of nitrogens with zero attached hydrogens (tertiary/aromatic N) is 1. The number of halogens is 3. The zero-order valence-corrected chi connectivity index (χ0v) is 12.6. The standard InChI is InChI=1S/C16H19F3N2O2/c17-16(18,19)9-10-21(13-6-2-1-3-7-13)15(23)11-12-5-4-8-14(22)20-12/h1-3,6-7,12H,4-5,8-11H2,(H,20,22)/t12-/m1/s1. The van der Waals surface area contributed by atoms with Crippen LogP contribution in [0.1, 0.15) is 32.1 Å². The lowest BCUT2D eigenvalue weighted by molar-refractivity contribution is -0.133. The van der Waals surface area contributed by atoms with Gasteiger partial charge in [-0.05, 0) is 25.0 Å². The lowest BCUT2D eigenvalue weighted by Gasteiger charge is -2.28. The van der Waals surface area contributed by atoms with Crippen molar-refractivity contribution in [2.75, 3.05) is 11.4 Å². The Labute approximate surface area is 132 Å². The predicted octanol–water partition coefficient (Wildman–Crippen LogP) is 3.03. The maximum Gasteiger partial charge on any atom is 0.390 e. The summed E-state index contributed by atoms with van der Waals surface area (Å²) in [5.74, 6) is -0.525. The first-order valence-electron chi connectivity index (χ1n) is 7.57. The van der Waals surface area contributed by atoms with E-state index in [0.29, 0.717) is 24.9 Å². The Balaban J connectivity index is 2.06. The molecule has 0 bridgehead atoms. The molecule has 0 aliphatic carbocycles. The molecule has 2 rings (SSSR count). The van der Waals surface area contributed by atoms with Gasteiger partial charge in [0.2, 0.25) is 11.8 Å². The van der Waals surface area contributed by atoms with Gasteiger partial charge in [0.25, 0.3) is 0 Å². The van der Waals surface area contributed by atoms with Crippen LogP contribution >= 0.6 is 0 Å². The highest BCUT2D eigenvalue weighted by Gasteiger charge is 2.30. The van der Waals surface area contributed by atoms with E-state index in [0.717, 1.165) is 4.90 Å². The molecule has 1 aliphatic heterocycles. The van der Waals surface area contributed by atoms with Gasteiger partial charge in [0.15, 0.2) is 0 Å². The number of hydrogen-bond donors (Lipinski definition) is 1. The van der Waals surface area contributed by atoms with Crippen LogP contribution in [0.25, 0.3) is 0 Å². The molecule has 2 amide bonds. The first-order valence-corrected chi connectivity index (χ1v) is 7.57. The van der Waals surface area contributed by atoms with Crippen molar-refractivity contribution in [3.63, 3.8) is 0 Å². The van der Waals surface area contributed by atoms with Crippen LogP contribution in [0.4, 0.5) is 18.9 Å². The van der Waals surface area contributed by atoms with E-state index in [9.17, 15) is 22.8 Å². The van der Waals surface area contributed by atoms with Crippen LogP contribution in [0.2, 0.25) is 0 Å². The molecule has 126 valence electrons. The Bertz CT molecular complexity index is 546. The van der Waals surface area contributed by atoms with E-state index >= 15 is 0 Å². The second-order valence-electron chi connectivity index (χ2n) is 5.61. The molecule has 1 N–H and O–H groups in total. The van der Waals surface area contributed by atoms with Crippen LogP contribution in [-0.4, -0.2) is 30.6 Å². The molecule has 7 heteroatoms. The predicted molar refractivity (Wildman–Crippen MR) is 79.9 cm³/mol. The van der Waals surface area contributed by atoms with Crippen molar-refractivity contribution in [2.45, 2.75) is 44.3 Å². The minimum atomic E-state index is -4.33. The Kier molecular flexibility index (Phi) is 5.63. The maximum absolute atomic E-state index is 12.5. The number of alkyl halides is 3. The van der Waals surface area contributed by atoms with Crippen molar-refractivity contribution in [3.8, 4) is 0 Å². The summed E-state index contributed by atoms with van der Waals surface area (Å²) in [6, 6.07) is 7.98. The zero-order chi connectivity index (χ0) is 16.9. The van der Waals surface area contributed by atoms with E-state index in [1.165, 1.54) is 0 Å². The molecular formula is C16H19F3N2O2. The fourth-order valence-electron chi connectivity index (χ4n) is 2.60. The van der Waals surface area contributed by atoms with Gasteiger partial charge in [-0.15, -0.1) is 0 Å². The van der Waals surface area contributed by atoms with Gasteiger partial charge in [-0.25, -0.2) is 0 Å². The monoisotopic (exact) mass is 328 g/mol. The summed E-state index contributed by atoms with van der Waals surface area (Å²) >= 11 is 0. The van der Waals surface area contributed by atoms with Crippen LogP contribution in [0, 0.1) is 0 Å². The first-order chi connectivity index (χ1) is 10.8. The van der Waals surface area contributed by atoms with Gasteiger partial charge in [0.05, 0.1) is 6.42 Å². The summed E-state index contributed by atoms with van der Waals surface area (Å²) in [6.07, 6.45) is -3.59. The normalized spacial score (nSPS) is 18.4. The number of carbonyl (C=O) groups is 2. The van der Waals surface area contributed by atoms with E-state index < -0.39 is 25.0 Å². The molecule has 1 aromatic rings. The van der Waals surface area contributed by atoms with E-state index in [-0.39, 0.29) is 18.4 Å². The van der Waals surface area contributed by atoms with Gasteiger partial charge in [-0.1, -0.05) is 18.2 Å². The van der Waals surface area contributed by atoms with Crippen molar-refractivity contribution in [3.05, 3.63) is 30.3 Å². The second kappa shape index (κ2) is 7.48. The molecule has 1 aromatic carbocycles. The van der Waals surface area contributed by atoms with Gasteiger partial charge in [0.1, 0.15) is 0 Å². The van der Waals surface area contributed by atoms with E-state index in [2.05, 4.69) is 5.32 Å². The van der Waals surface area contributed by atoms with Crippen LogP contribution in [0.3, 0.4) is 0 Å². The Hall–Kier alpha value is -2.05. The van der Waals surface area contributed by atoms with E-state index in [4.69, 9.17) is 0 Å². The number of anilines is 1. The summed E-state index contributed by atoms with van der Waals surface area (Å²) < 4.78 is 37.5. The molecule has 4 nitrogen and oxygen atoms in total. The zero-order valence-electron chi connectivity index (χ0n) is 12.6. The third kappa shape index (κ3) is 5.58. The first kappa shape index (κ1) is 17.3. The van der Waals surface area contributed by atoms with Crippen LogP contribution < -0.4 is 10.2 Å². The van der Waals surface area contributed by atoms with Gasteiger partial charge in [-0.3, -0.25) is 9.59 Å². The summed E-state index contributed by atoms with van der Waals surface area (Å²) in [5, 5.41) is 2.72. The Morgan fingerprint density at radius 1 is 1.26 bits per heavy atom. The van der Waals surface area contributed by atoms with Crippen molar-refractivity contribution < 1.29 is 22.8 Å². The number of benzene rings is 1. The molecule has 1 heterocycles. The number of rotatable bonds is 5. The minimum absolute atomic E-state index is 0.0124. The van der Waals surface area contributed by atoms with E-state index in [1.54, 1.807) is 30.3 Å². The largest absolute Gasteiger partial charge is 0.390 e. The number of amides is 2. The van der Waals surface area contributed by atoms with E-state index in [1.807, 2.05) is 0 Å². The molecule has 1 aliphatic rings. The smallest absolute Gasteiger partial charge is 0.353 e. The lowest BCUT2D eigenvalue weighted by atomic mass is 10.0. The molecule has 0 spiro atoms. The van der Waals surface area contributed by atoms with Crippen molar-refractivity contribution in [2.24, 2.45) is 0 Å². The van der Waals surface area contributed by atoms with Crippen molar-refractivity contribution in [1.29, 1.82) is 0 Å². The van der Waals surface area contributed by atoms with Crippen LogP contribution in [-0.2, 0) is 9.59 Å². The number of piperidine rings is 1. The number of para-hydroxylation sites is 1. The second-order valence-corrected chi connectivity index (χ2v) is 5.61. The molecule has 1 saturated heterocycles.